The predicted octanol–water partition coefficient (Wildman–Crippen LogP) is 3.30. The van der Waals surface area contributed by atoms with Crippen LogP contribution in [-0.2, 0) is 4.79 Å². The fourth-order valence-corrected chi connectivity index (χ4v) is 2.82. The molecule has 1 aromatic carbocycles. The van der Waals surface area contributed by atoms with Gasteiger partial charge in [-0.2, -0.15) is 0 Å². The maximum absolute atomic E-state index is 13.2. The fraction of sp³-hybridized carbons (Fsp3) is 0.611. The molecule has 1 aliphatic rings. The maximum Gasteiger partial charge on any atom is 0.220 e. The van der Waals surface area contributed by atoms with Crippen LogP contribution >= 0.6 is 12.4 Å². The number of piperidine rings is 1. The Morgan fingerprint density at radius 2 is 2.17 bits per heavy atom. The van der Waals surface area contributed by atoms with E-state index in [1.165, 1.54) is 12.1 Å². The molecule has 24 heavy (non-hydrogen) atoms. The first-order chi connectivity index (χ1) is 11.2. The molecule has 2 rings (SSSR count). The average Bonchev–Trinajstić information content (AvgIpc) is 2.57. The minimum Gasteiger partial charge on any atom is -0.489 e. The Bertz CT molecular complexity index is 496. The van der Waals surface area contributed by atoms with E-state index in [-0.39, 0.29) is 30.2 Å². The van der Waals surface area contributed by atoms with Gasteiger partial charge in [0.2, 0.25) is 5.91 Å². The van der Waals surface area contributed by atoms with E-state index in [9.17, 15) is 9.18 Å². The van der Waals surface area contributed by atoms with E-state index in [0.717, 1.165) is 38.8 Å². The van der Waals surface area contributed by atoms with Crippen molar-refractivity contribution in [2.45, 2.75) is 45.1 Å². The smallest absolute Gasteiger partial charge is 0.220 e. The number of carbonyl (C=O) groups excluding carboxylic acids is 1. The lowest BCUT2D eigenvalue weighted by molar-refractivity contribution is -0.121. The number of ether oxygens (including phenoxy) is 1. The van der Waals surface area contributed by atoms with Crippen LogP contribution < -0.4 is 15.4 Å². The molecule has 1 amide bonds. The summed E-state index contributed by atoms with van der Waals surface area (Å²) in [5.74, 6) is 0.918. The van der Waals surface area contributed by atoms with Crippen LogP contribution in [0.25, 0.3) is 0 Å². The van der Waals surface area contributed by atoms with Crippen molar-refractivity contribution < 1.29 is 13.9 Å². The van der Waals surface area contributed by atoms with Gasteiger partial charge in [-0.3, -0.25) is 4.79 Å². The van der Waals surface area contributed by atoms with Crippen molar-refractivity contribution in [1.29, 1.82) is 0 Å². The lowest BCUT2D eigenvalue weighted by Gasteiger charge is -2.22. The average molecular weight is 359 g/mol. The van der Waals surface area contributed by atoms with Crippen molar-refractivity contribution >= 4 is 18.3 Å². The fourth-order valence-electron chi connectivity index (χ4n) is 2.82. The molecule has 4 nitrogen and oxygen atoms in total. The number of carbonyl (C=O) groups is 1. The van der Waals surface area contributed by atoms with Crippen molar-refractivity contribution in [2.75, 3.05) is 19.6 Å². The highest BCUT2D eigenvalue weighted by molar-refractivity contribution is 5.85. The van der Waals surface area contributed by atoms with E-state index < -0.39 is 0 Å². The lowest BCUT2D eigenvalue weighted by Crippen LogP contribution is -2.35. The number of benzene rings is 1. The van der Waals surface area contributed by atoms with Gasteiger partial charge in [0.05, 0.1) is 6.54 Å². The van der Waals surface area contributed by atoms with E-state index in [0.29, 0.717) is 24.6 Å². The first-order valence-corrected chi connectivity index (χ1v) is 8.57. The second-order valence-electron chi connectivity index (χ2n) is 6.14. The monoisotopic (exact) mass is 358 g/mol. The summed E-state index contributed by atoms with van der Waals surface area (Å²) in [5, 5.41) is 6.27. The quantitative estimate of drug-likeness (QED) is 0.749. The van der Waals surface area contributed by atoms with Gasteiger partial charge in [-0.25, -0.2) is 4.39 Å². The summed E-state index contributed by atoms with van der Waals surface area (Å²) in [6.07, 6.45) is 4.46. The van der Waals surface area contributed by atoms with Crippen LogP contribution in [0.1, 0.15) is 39.0 Å². The molecule has 0 aromatic heterocycles. The van der Waals surface area contributed by atoms with Gasteiger partial charge in [0, 0.05) is 12.5 Å². The van der Waals surface area contributed by atoms with E-state index in [1.54, 1.807) is 12.1 Å². The Morgan fingerprint density at radius 3 is 2.83 bits per heavy atom. The lowest BCUT2D eigenvalue weighted by atomic mass is 9.93. The molecule has 0 radical (unpaired) electrons. The van der Waals surface area contributed by atoms with Crippen LogP contribution in [0.15, 0.2) is 24.3 Å². The minimum atomic E-state index is -0.316. The summed E-state index contributed by atoms with van der Waals surface area (Å²) in [6, 6.07) is 6.09. The van der Waals surface area contributed by atoms with Gasteiger partial charge < -0.3 is 15.4 Å². The Kier molecular flexibility index (Phi) is 9.72. The standard InChI is InChI=1S/C18H27FN2O2.ClH/c1-2-16(23-17-5-3-4-15(19)12-17)13-21-18(22)7-6-14-8-10-20-11-9-14;/h3-5,12,14,16,20H,2,6-11,13H2,1H3,(H,21,22);1H. The van der Waals surface area contributed by atoms with Crippen LogP contribution in [0.4, 0.5) is 4.39 Å². The molecule has 1 unspecified atom stereocenters. The molecule has 0 saturated carbocycles. The normalized spacial score (nSPS) is 16.1. The van der Waals surface area contributed by atoms with Crippen molar-refractivity contribution in [3.05, 3.63) is 30.1 Å². The van der Waals surface area contributed by atoms with Crippen LogP contribution in [0.3, 0.4) is 0 Å². The molecule has 1 atom stereocenters. The van der Waals surface area contributed by atoms with Crippen molar-refractivity contribution in [3.63, 3.8) is 0 Å². The van der Waals surface area contributed by atoms with Crippen LogP contribution in [-0.4, -0.2) is 31.6 Å². The van der Waals surface area contributed by atoms with Gasteiger partial charge in [-0.05, 0) is 56.8 Å². The highest BCUT2D eigenvalue weighted by atomic mass is 35.5. The van der Waals surface area contributed by atoms with Crippen LogP contribution in [0.5, 0.6) is 5.75 Å². The summed E-state index contributed by atoms with van der Waals surface area (Å²) in [5.41, 5.74) is 0. The summed E-state index contributed by atoms with van der Waals surface area (Å²) in [6.45, 7) is 4.57. The van der Waals surface area contributed by atoms with Crippen LogP contribution in [0, 0.1) is 11.7 Å². The first-order valence-electron chi connectivity index (χ1n) is 8.57. The van der Waals surface area contributed by atoms with E-state index in [1.807, 2.05) is 6.92 Å². The number of rotatable bonds is 8. The second-order valence-corrected chi connectivity index (χ2v) is 6.14. The van der Waals surface area contributed by atoms with Crippen molar-refractivity contribution in [3.8, 4) is 5.75 Å². The van der Waals surface area contributed by atoms with Crippen molar-refractivity contribution in [1.82, 2.24) is 10.6 Å². The first kappa shape index (κ1) is 20.7. The van der Waals surface area contributed by atoms with E-state index in [4.69, 9.17) is 4.74 Å². The zero-order valence-electron chi connectivity index (χ0n) is 14.2. The molecular weight excluding hydrogens is 331 g/mol. The van der Waals surface area contributed by atoms with Gasteiger partial charge in [-0.15, -0.1) is 12.4 Å². The number of nitrogens with one attached hydrogen (secondary N) is 2. The van der Waals surface area contributed by atoms with E-state index >= 15 is 0 Å². The molecule has 0 spiro atoms. The topological polar surface area (TPSA) is 50.4 Å². The Morgan fingerprint density at radius 1 is 1.42 bits per heavy atom. The summed E-state index contributed by atoms with van der Waals surface area (Å²) in [7, 11) is 0. The van der Waals surface area contributed by atoms with Gasteiger partial charge in [0.15, 0.2) is 0 Å². The van der Waals surface area contributed by atoms with Gasteiger partial charge in [0.1, 0.15) is 17.7 Å². The third-order valence-corrected chi connectivity index (χ3v) is 4.32. The Balaban J connectivity index is 0.00000288. The zero-order chi connectivity index (χ0) is 16.5. The SMILES string of the molecule is CCC(CNC(=O)CCC1CCNCC1)Oc1cccc(F)c1.Cl. The maximum atomic E-state index is 13.2. The van der Waals surface area contributed by atoms with Crippen LogP contribution in [0.2, 0.25) is 0 Å². The Labute approximate surface area is 149 Å². The molecule has 136 valence electrons. The molecule has 1 fully saturated rings. The largest absolute Gasteiger partial charge is 0.489 e. The zero-order valence-corrected chi connectivity index (χ0v) is 15.0. The molecule has 1 saturated heterocycles. The predicted molar refractivity (Wildman–Crippen MR) is 96.2 cm³/mol. The molecule has 0 bridgehead atoms. The number of hydrogen-bond donors (Lipinski definition) is 2. The second kappa shape index (κ2) is 11.3. The highest BCUT2D eigenvalue weighted by Gasteiger charge is 2.15. The molecule has 2 N–H and O–H groups in total. The minimum absolute atomic E-state index is 0. The summed E-state index contributed by atoms with van der Waals surface area (Å²) >= 11 is 0. The van der Waals surface area contributed by atoms with Crippen molar-refractivity contribution in [2.24, 2.45) is 5.92 Å². The van der Waals surface area contributed by atoms with Gasteiger partial charge in [0.25, 0.3) is 0 Å². The molecule has 6 heteroatoms. The number of hydrogen-bond acceptors (Lipinski definition) is 3. The molecule has 0 aliphatic carbocycles. The third kappa shape index (κ3) is 7.49. The summed E-state index contributed by atoms with van der Waals surface area (Å²) < 4.78 is 18.9. The molecule has 1 aromatic rings. The number of amides is 1. The third-order valence-electron chi connectivity index (χ3n) is 4.32. The number of halogens is 2. The molecular formula is C18H28ClFN2O2. The molecule has 1 heterocycles. The highest BCUT2D eigenvalue weighted by Crippen LogP contribution is 2.18. The van der Waals surface area contributed by atoms with E-state index in [2.05, 4.69) is 10.6 Å². The summed E-state index contributed by atoms with van der Waals surface area (Å²) in [4.78, 5) is 12.0. The van der Waals surface area contributed by atoms with Gasteiger partial charge >= 0.3 is 0 Å². The molecule has 1 aliphatic heterocycles. The Hall–Kier alpha value is -1.33. The van der Waals surface area contributed by atoms with Gasteiger partial charge in [-0.1, -0.05) is 13.0 Å².